The van der Waals surface area contributed by atoms with Crippen LogP contribution in [0.4, 0.5) is 0 Å². The fourth-order valence-electron chi connectivity index (χ4n) is 3.01. The largest absolute Gasteiger partial charge is 0.485 e. The van der Waals surface area contributed by atoms with Gasteiger partial charge < -0.3 is 19.9 Å². The number of aromatic nitrogens is 2. The molecule has 3 rings (SSSR count). The molecular formula is C19H27ClN4O3. The number of halogens is 1. The van der Waals surface area contributed by atoms with Crippen molar-refractivity contribution < 1.29 is 14.1 Å². The summed E-state index contributed by atoms with van der Waals surface area (Å²) in [7, 11) is 0. The molecule has 1 atom stereocenters. The van der Waals surface area contributed by atoms with Gasteiger partial charge in [-0.25, -0.2) is 0 Å². The molecule has 148 valence electrons. The van der Waals surface area contributed by atoms with Crippen LogP contribution in [0, 0.1) is 5.92 Å². The van der Waals surface area contributed by atoms with Crippen molar-refractivity contribution in [2.45, 2.75) is 39.2 Å². The summed E-state index contributed by atoms with van der Waals surface area (Å²) < 4.78 is 10.7. The van der Waals surface area contributed by atoms with Crippen LogP contribution in [-0.4, -0.2) is 35.7 Å². The second-order valence-corrected chi connectivity index (χ2v) is 6.53. The van der Waals surface area contributed by atoms with Gasteiger partial charge in [-0.1, -0.05) is 12.1 Å². The smallest absolute Gasteiger partial charge is 0.251 e. The Hall–Kier alpha value is -2.12. The molecule has 1 aromatic heterocycles. The molecule has 1 saturated heterocycles. The van der Waals surface area contributed by atoms with Crippen molar-refractivity contribution >= 4 is 18.3 Å². The van der Waals surface area contributed by atoms with Crippen molar-refractivity contribution in [1.29, 1.82) is 0 Å². The molecule has 0 radical (unpaired) electrons. The summed E-state index contributed by atoms with van der Waals surface area (Å²) in [6.45, 7) is 5.07. The summed E-state index contributed by atoms with van der Waals surface area (Å²) >= 11 is 0. The molecule has 2 heterocycles. The topological polar surface area (TPSA) is 89.3 Å². The molecule has 1 aromatic carbocycles. The van der Waals surface area contributed by atoms with Crippen molar-refractivity contribution in [3.05, 3.63) is 41.5 Å². The molecule has 1 aliphatic heterocycles. The first kappa shape index (κ1) is 21.2. The number of ether oxygens (including phenoxy) is 1. The van der Waals surface area contributed by atoms with Crippen LogP contribution in [0.2, 0.25) is 0 Å². The maximum Gasteiger partial charge on any atom is 0.251 e. The molecule has 1 fully saturated rings. The minimum atomic E-state index is -0.0499. The van der Waals surface area contributed by atoms with Crippen LogP contribution in [0.25, 0.3) is 0 Å². The monoisotopic (exact) mass is 394 g/mol. The summed E-state index contributed by atoms with van der Waals surface area (Å²) in [4.78, 5) is 16.4. The zero-order chi connectivity index (χ0) is 18.2. The van der Waals surface area contributed by atoms with Crippen LogP contribution in [0.5, 0.6) is 5.75 Å². The Morgan fingerprint density at radius 1 is 1.37 bits per heavy atom. The number of piperidine rings is 1. The number of aryl methyl sites for hydroxylation is 1. The van der Waals surface area contributed by atoms with E-state index in [9.17, 15) is 4.79 Å². The Bertz CT molecular complexity index is 699. The lowest BCUT2D eigenvalue weighted by Crippen LogP contribution is -2.33. The minimum absolute atomic E-state index is 0. The van der Waals surface area contributed by atoms with Gasteiger partial charge in [-0.2, -0.15) is 4.98 Å². The summed E-state index contributed by atoms with van der Waals surface area (Å²) in [5.41, 5.74) is 0.631. The molecular weight excluding hydrogens is 368 g/mol. The molecule has 0 aliphatic carbocycles. The van der Waals surface area contributed by atoms with E-state index in [0.29, 0.717) is 41.9 Å². The molecule has 27 heavy (non-hydrogen) atoms. The summed E-state index contributed by atoms with van der Waals surface area (Å²) in [6, 6.07) is 7.09. The molecule has 0 bridgehead atoms. The Kier molecular flexibility index (Phi) is 8.54. The van der Waals surface area contributed by atoms with Gasteiger partial charge in [-0.15, -0.1) is 12.4 Å². The zero-order valence-electron chi connectivity index (χ0n) is 15.6. The summed E-state index contributed by atoms with van der Waals surface area (Å²) in [5.74, 6) is 2.39. The number of hydrogen-bond donors (Lipinski definition) is 2. The highest BCUT2D eigenvalue weighted by Gasteiger charge is 2.13. The maximum absolute atomic E-state index is 12.2. The number of carbonyl (C=O) groups excluding carboxylic acids is 1. The summed E-state index contributed by atoms with van der Waals surface area (Å²) in [5, 5.41) is 10.2. The van der Waals surface area contributed by atoms with Gasteiger partial charge in [0.05, 0.1) is 0 Å². The molecule has 1 aliphatic rings. The Balaban J connectivity index is 0.00000261. The van der Waals surface area contributed by atoms with Gasteiger partial charge in [-0.3, -0.25) is 4.79 Å². The van der Waals surface area contributed by atoms with Gasteiger partial charge in [-0.05, 0) is 62.5 Å². The third-order valence-corrected chi connectivity index (χ3v) is 4.53. The Morgan fingerprint density at radius 2 is 2.19 bits per heavy atom. The molecule has 0 saturated carbocycles. The standard InChI is InChI=1S/C19H26N4O3.ClH/c1-2-18-22-17(23-26-18)13-25-16-7-5-15(6-8-16)19(24)21-11-9-14-4-3-10-20-12-14;/h5-8,14,20H,2-4,9-13H2,1H3,(H,21,24);1H. The summed E-state index contributed by atoms with van der Waals surface area (Å²) in [6.07, 6.45) is 4.19. The fraction of sp³-hybridized carbons (Fsp3) is 0.526. The normalized spacial score (nSPS) is 16.4. The van der Waals surface area contributed by atoms with Gasteiger partial charge in [0.25, 0.3) is 5.91 Å². The van der Waals surface area contributed by atoms with E-state index in [1.807, 2.05) is 6.92 Å². The van der Waals surface area contributed by atoms with Gasteiger partial charge >= 0.3 is 0 Å². The fourth-order valence-corrected chi connectivity index (χ4v) is 3.01. The third kappa shape index (κ3) is 6.52. The van der Waals surface area contributed by atoms with Gasteiger partial charge in [0, 0.05) is 18.5 Å². The van der Waals surface area contributed by atoms with Crippen LogP contribution in [-0.2, 0) is 13.0 Å². The maximum atomic E-state index is 12.2. The highest BCUT2D eigenvalue weighted by Crippen LogP contribution is 2.15. The van der Waals surface area contributed by atoms with E-state index in [4.69, 9.17) is 9.26 Å². The van der Waals surface area contributed by atoms with Crippen molar-refractivity contribution in [2.24, 2.45) is 5.92 Å². The predicted molar refractivity (Wildman–Crippen MR) is 104 cm³/mol. The first-order valence-electron chi connectivity index (χ1n) is 9.28. The minimum Gasteiger partial charge on any atom is -0.485 e. The van der Waals surface area contributed by atoms with Crippen molar-refractivity contribution in [3.63, 3.8) is 0 Å². The van der Waals surface area contributed by atoms with Gasteiger partial charge in [0.2, 0.25) is 11.7 Å². The second-order valence-electron chi connectivity index (χ2n) is 6.53. The molecule has 2 N–H and O–H groups in total. The highest BCUT2D eigenvalue weighted by atomic mass is 35.5. The van der Waals surface area contributed by atoms with Crippen LogP contribution in [0.1, 0.15) is 48.3 Å². The van der Waals surface area contributed by atoms with Gasteiger partial charge in [0.1, 0.15) is 5.75 Å². The first-order chi connectivity index (χ1) is 12.7. The van der Waals surface area contributed by atoms with Crippen LogP contribution < -0.4 is 15.4 Å². The van der Waals surface area contributed by atoms with Crippen molar-refractivity contribution in [1.82, 2.24) is 20.8 Å². The van der Waals surface area contributed by atoms with Crippen LogP contribution >= 0.6 is 12.4 Å². The third-order valence-electron chi connectivity index (χ3n) is 4.53. The number of carbonyl (C=O) groups is 1. The van der Waals surface area contributed by atoms with E-state index >= 15 is 0 Å². The van der Waals surface area contributed by atoms with E-state index < -0.39 is 0 Å². The lowest BCUT2D eigenvalue weighted by molar-refractivity contribution is 0.0950. The molecule has 2 aromatic rings. The van der Waals surface area contributed by atoms with E-state index in [-0.39, 0.29) is 24.9 Å². The lowest BCUT2D eigenvalue weighted by atomic mass is 9.96. The zero-order valence-corrected chi connectivity index (χ0v) is 16.4. The Morgan fingerprint density at radius 3 is 2.85 bits per heavy atom. The molecule has 1 unspecified atom stereocenters. The van der Waals surface area contributed by atoms with Gasteiger partial charge in [0.15, 0.2) is 6.61 Å². The van der Waals surface area contributed by atoms with Crippen LogP contribution in [0.3, 0.4) is 0 Å². The SMILES string of the molecule is CCc1nc(COc2ccc(C(=O)NCCC3CCCNC3)cc2)no1.Cl. The number of benzene rings is 1. The van der Waals surface area contributed by atoms with E-state index in [2.05, 4.69) is 20.8 Å². The molecule has 0 spiro atoms. The molecule has 8 heteroatoms. The second kappa shape index (κ2) is 10.9. The quantitative estimate of drug-likeness (QED) is 0.715. The Labute approximate surface area is 165 Å². The van der Waals surface area contributed by atoms with E-state index in [1.54, 1.807) is 24.3 Å². The van der Waals surface area contributed by atoms with Crippen molar-refractivity contribution in [3.8, 4) is 5.75 Å². The molecule has 1 amide bonds. The van der Waals surface area contributed by atoms with Crippen molar-refractivity contribution in [2.75, 3.05) is 19.6 Å². The van der Waals surface area contributed by atoms with Crippen LogP contribution in [0.15, 0.2) is 28.8 Å². The lowest BCUT2D eigenvalue weighted by Gasteiger charge is -2.22. The average Bonchev–Trinajstić information content (AvgIpc) is 3.16. The van der Waals surface area contributed by atoms with E-state index in [0.717, 1.165) is 19.5 Å². The number of rotatable bonds is 8. The number of nitrogens with zero attached hydrogens (tertiary/aromatic N) is 2. The average molecular weight is 395 g/mol. The predicted octanol–water partition coefficient (Wildman–Crippen LogP) is 2.75. The number of amides is 1. The van der Waals surface area contributed by atoms with E-state index in [1.165, 1.54) is 12.8 Å². The molecule has 7 nitrogen and oxygen atoms in total. The number of hydrogen-bond acceptors (Lipinski definition) is 6. The first-order valence-corrected chi connectivity index (χ1v) is 9.28. The highest BCUT2D eigenvalue weighted by molar-refractivity contribution is 5.94. The number of nitrogens with one attached hydrogen (secondary N) is 2.